The molecule has 3 nitrogen and oxygen atoms in total. The fourth-order valence-electron chi connectivity index (χ4n) is 1.17. The number of thioether (sulfide) groups is 1. The molecule has 0 fully saturated rings. The highest BCUT2D eigenvalue weighted by Crippen LogP contribution is 2.12. The fourth-order valence-corrected chi connectivity index (χ4v) is 1.79. The van der Waals surface area contributed by atoms with Gasteiger partial charge >= 0.3 is 0 Å². The summed E-state index contributed by atoms with van der Waals surface area (Å²) in [4.78, 5) is 8.24. The Hall–Kier alpha value is -1.55. The lowest BCUT2D eigenvalue weighted by molar-refractivity contribution is 0.344. The number of ether oxygens (including phenoxy) is 1. The van der Waals surface area contributed by atoms with Crippen LogP contribution in [0, 0.1) is 0 Å². The van der Waals surface area contributed by atoms with Crippen molar-refractivity contribution in [3.05, 3.63) is 48.8 Å². The van der Waals surface area contributed by atoms with Crippen LogP contribution in [0.1, 0.15) is 0 Å². The monoisotopic (exact) mass is 232 g/mol. The van der Waals surface area contributed by atoms with Crippen molar-refractivity contribution in [3.63, 3.8) is 0 Å². The van der Waals surface area contributed by atoms with E-state index in [1.165, 1.54) is 0 Å². The zero-order valence-corrected chi connectivity index (χ0v) is 9.56. The Bertz CT molecular complexity index is 366. The molecule has 0 aliphatic rings. The molecule has 16 heavy (non-hydrogen) atoms. The highest BCUT2D eigenvalue weighted by atomic mass is 32.2. The largest absolute Gasteiger partial charge is 0.493 e. The molecule has 0 N–H and O–H groups in total. The van der Waals surface area contributed by atoms with E-state index in [1.807, 2.05) is 36.4 Å². The van der Waals surface area contributed by atoms with Crippen LogP contribution < -0.4 is 4.74 Å². The van der Waals surface area contributed by atoms with Gasteiger partial charge in [-0.05, 0) is 18.2 Å². The Labute approximate surface area is 98.9 Å². The van der Waals surface area contributed by atoms with Gasteiger partial charge in [0.1, 0.15) is 5.75 Å². The Morgan fingerprint density at radius 1 is 1.00 bits per heavy atom. The van der Waals surface area contributed by atoms with Gasteiger partial charge in [0, 0.05) is 18.1 Å². The lowest BCUT2D eigenvalue weighted by atomic mass is 10.3. The second kappa shape index (κ2) is 6.12. The summed E-state index contributed by atoms with van der Waals surface area (Å²) in [5.41, 5.74) is 0. The molecule has 1 aromatic carbocycles. The first-order chi connectivity index (χ1) is 7.95. The standard InChI is InChI=1S/C12H12N2OS/c1-2-5-11(6-3-1)15-9-10-16-12-13-7-4-8-14-12/h1-8H,9-10H2. The summed E-state index contributed by atoms with van der Waals surface area (Å²) < 4.78 is 5.55. The first-order valence-corrected chi connectivity index (χ1v) is 6.01. The van der Waals surface area contributed by atoms with Crippen molar-refractivity contribution in [1.82, 2.24) is 9.97 Å². The van der Waals surface area contributed by atoms with Gasteiger partial charge in [0.05, 0.1) is 6.61 Å². The molecule has 0 amide bonds. The molecule has 1 aromatic heterocycles. The van der Waals surface area contributed by atoms with Crippen LogP contribution in [0.15, 0.2) is 53.9 Å². The van der Waals surface area contributed by atoms with Crippen molar-refractivity contribution in [2.45, 2.75) is 5.16 Å². The molecule has 0 aliphatic heterocycles. The molecule has 2 rings (SSSR count). The summed E-state index contributed by atoms with van der Waals surface area (Å²) in [5, 5.41) is 0.791. The quantitative estimate of drug-likeness (QED) is 0.451. The molecular formula is C12H12N2OS. The third kappa shape index (κ3) is 3.55. The van der Waals surface area contributed by atoms with Gasteiger partial charge in [-0.15, -0.1) is 0 Å². The van der Waals surface area contributed by atoms with E-state index in [-0.39, 0.29) is 0 Å². The Morgan fingerprint density at radius 2 is 1.75 bits per heavy atom. The van der Waals surface area contributed by atoms with Crippen LogP contribution in [0.5, 0.6) is 5.75 Å². The lowest BCUT2D eigenvalue weighted by Crippen LogP contribution is -2.00. The Balaban J connectivity index is 1.70. The van der Waals surface area contributed by atoms with E-state index in [4.69, 9.17) is 4.74 Å². The van der Waals surface area contributed by atoms with E-state index < -0.39 is 0 Å². The molecule has 0 atom stereocenters. The predicted molar refractivity (Wildman–Crippen MR) is 64.7 cm³/mol. The van der Waals surface area contributed by atoms with Gasteiger partial charge in [0.25, 0.3) is 0 Å². The summed E-state index contributed by atoms with van der Waals surface area (Å²) in [5.74, 6) is 1.75. The third-order valence-corrected chi connectivity index (χ3v) is 2.71. The molecule has 4 heteroatoms. The van der Waals surface area contributed by atoms with Gasteiger partial charge < -0.3 is 4.74 Å². The summed E-state index contributed by atoms with van der Waals surface area (Å²) in [7, 11) is 0. The van der Waals surface area contributed by atoms with Crippen molar-refractivity contribution in [2.75, 3.05) is 12.4 Å². The van der Waals surface area contributed by atoms with E-state index in [1.54, 1.807) is 24.2 Å². The molecule has 2 aromatic rings. The van der Waals surface area contributed by atoms with E-state index in [0.717, 1.165) is 16.7 Å². The average molecular weight is 232 g/mol. The number of aromatic nitrogens is 2. The molecule has 82 valence electrons. The van der Waals surface area contributed by atoms with Gasteiger partial charge in [-0.25, -0.2) is 9.97 Å². The fraction of sp³-hybridized carbons (Fsp3) is 0.167. The normalized spacial score (nSPS) is 10.0. The maximum atomic E-state index is 5.55. The van der Waals surface area contributed by atoms with Crippen LogP contribution in [0.3, 0.4) is 0 Å². The van der Waals surface area contributed by atoms with Gasteiger partial charge in [-0.2, -0.15) is 0 Å². The molecule has 0 saturated carbocycles. The zero-order valence-electron chi connectivity index (χ0n) is 8.74. The molecular weight excluding hydrogens is 220 g/mol. The number of hydrogen-bond acceptors (Lipinski definition) is 4. The average Bonchev–Trinajstić information content (AvgIpc) is 2.37. The minimum absolute atomic E-state index is 0.660. The van der Waals surface area contributed by atoms with Crippen LogP contribution in [0.2, 0.25) is 0 Å². The lowest BCUT2D eigenvalue weighted by Gasteiger charge is -2.04. The minimum Gasteiger partial charge on any atom is -0.493 e. The van der Waals surface area contributed by atoms with Crippen LogP contribution in [-0.4, -0.2) is 22.3 Å². The van der Waals surface area contributed by atoms with Crippen molar-refractivity contribution < 1.29 is 4.74 Å². The first-order valence-electron chi connectivity index (χ1n) is 5.03. The Kier molecular flexibility index (Phi) is 4.19. The van der Waals surface area contributed by atoms with E-state index in [9.17, 15) is 0 Å². The highest BCUT2D eigenvalue weighted by Gasteiger charge is 1.96. The molecule has 0 bridgehead atoms. The van der Waals surface area contributed by atoms with Crippen LogP contribution in [0.25, 0.3) is 0 Å². The van der Waals surface area contributed by atoms with Crippen molar-refractivity contribution in [1.29, 1.82) is 0 Å². The smallest absolute Gasteiger partial charge is 0.187 e. The third-order valence-electron chi connectivity index (χ3n) is 1.87. The first kappa shape index (κ1) is 11.0. The van der Waals surface area contributed by atoms with E-state index in [0.29, 0.717) is 6.61 Å². The van der Waals surface area contributed by atoms with Gasteiger partial charge in [-0.1, -0.05) is 30.0 Å². The minimum atomic E-state index is 0.660. The Morgan fingerprint density at radius 3 is 2.50 bits per heavy atom. The predicted octanol–water partition coefficient (Wildman–Crippen LogP) is 2.65. The van der Waals surface area contributed by atoms with Crippen LogP contribution in [0.4, 0.5) is 0 Å². The second-order valence-corrected chi connectivity index (χ2v) is 4.10. The molecule has 0 radical (unpaired) electrons. The number of hydrogen-bond donors (Lipinski definition) is 0. The number of benzene rings is 1. The summed E-state index contributed by atoms with van der Waals surface area (Å²) >= 11 is 1.59. The second-order valence-electron chi connectivity index (χ2n) is 3.04. The zero-order chi connectivity index (χ0) is 11.1. The van der Waals surface area contributed by atoms with E-state index >= 15 is 0 Å². The number of nitrogens with zero attached hydrogens (tertiary/aromatic N) is 2. The summed E-state index contributed by atoms with van der Waals surface area (Å²) in [6.45, 7) is 0.660. The SMILES string of the molecule is c1ccc(OCCSc2ncccn2)cc1. The van der Waals surface area contributed by atoms with Crippen LogP contribution in [-0.2, 0) is 0 Å². The highest BCUT2D eigenvalue weighted by molar-refractivity contribution is 7.99. The van der Waals surface area contributed by atoms with E-state index in [2.05, 4.69) is 9.97 Å². The topological polar surface area (TPSA) is 35.0 Å². The van der Waals surface area contributed by atoms with Crippen LogP contribution >= 0.6 is 11.8 Å². The molecule has 0 saturated heterocycles. The maximum absolute atomic E-state index is 5.55. The number of para-hydroxylation sites is 1. The molecule has 1 heterocycles. The van der Waals surface area contributed by atoms with Crippen molar-refractivity contribution >= 4 is 11.8 Å². The van der Waals surface area contributed by atoms with Gasteiger partial charge in [-0.3, -0.25) is 0 Å². The molecule has 0 aliphatic carbocycles. The summed E-state index contributed by atoms with van der Waals surface area (Å²) in [6, 6.07) is 11.6. The summed E-state index contributed by atoms with van der Waals surface area (Å²) in [6.07, 6.45) is 3.49. The molecule has 0 spiro atoms. The van der Waals surface area contributed by atoms with Gasteiger partial charge in [0.15, 0.2) is 5.16 Å². The number of rotatable bonds is 5. The molecule has 0 unspecified atom stereocenters. The maximum Gasteiger partial charge on any atom is 0.187 e. The van der Waals surface area contributed by atoms with Gasteiger partial charge in [0.2, 0.25) is 0 Å². The van der Waals surface area contributed by atoms with Crippen molar-refractivity contribution in [3.8, 4) is 5.75 Å². The van der Waals surface area contributed by atoms with Crippen molar-refractivity contribution in [2.24, 2.45) is 0 Å².